The fourth-order valence-electron chi connectivity index (χ4n) is 1.34. The minimum Gasteiger partial charge on any atom is -0.393 e. The molecule has 1 rings (SSSR count). The van der Waals surface area contributed by atoms with E-state index in [1.807, 2.05) is 13.0 Å². The van der Waals surface area contributed by atoms with Gasteiger partial charge >= 0.3 is 0 Å². The minimum atomic E-state index is -0.362. The second kappa shape index (κ2) is 4.38. The van der Waals surface area contributed by atoms with Crippen LogP contribution in [0.5, 0.6) is 0 Å². The van der Waals surface area contributed by atoms with Crippen LogP contribution in [-0.2, 0) is 6.42 Å². The number of hydrogen-bond acceptors (Lipinski definition) is 1. The van der Waals surface area contributed by atoms with E-state index < -0.39 is 0 Å². The van der Waals surface area contributed by atoms with E-state index >= 15 is 0 Å². The second-order valence-electron chi connectivity index (χ2n) is 3.42. The molecule has 0 aliphatic heterocycles. The van der Waals surface area contributed by atoms with Crippen molar-refractivity contribution in [2.75, 3.05) is 0 Å². The Morgan fingerprint density at radius 1 is 1.46 bits per heavy atom. The monoisotopic (exact) mass is 182 g/mol. The first kappa shape index (κ1) is 10.2. The highest BCUT2D eigenvalue weighted by atomic mass is 19.1. The average molecular weight is 182 g/mol. The van der Waals surface area contributed by atoms with Crippen LogP contribution in [0.1, 0.15) is 24.5 Å². The Labute approximate surface area is 78.2 Å². The first-order valence-electron chi connectivity index (χ1n) is 4.53. The predicted octanol–water partition coefficient (Wildman–Crippen LogP) is 2.45. The number of benzene rings is 1. The van der Waals surface area contributed by atoms with Crippen LogP contribution >= 0.6 is 0 Å². The molecule has 0 aliphatic carbocycles. The van der Waals surface area contributed by atoms with E-state index in [0.29, 0.717) is 12.8 Å². The lowest BCUT2D eigenvalue weighted by atomic mass is 10.0. The van der Waals surface area contributed by atoms with E-state index in [-0.39, 0.29) is 11.9 Å². The molecule has 1 aromatic carbocycles. The van der Waals surface area contributed by atoms with Crippen LogP contribution in [0.25, 0.3) is 0 Å². The molecule has 2 heteroatoms. The van der Waals surface area contributed by atoms with Gasteiger partial charge in [0.25, 0.3) is 0 Å². The first-order chi connectivity index (χ1) is 6.11. The molecule has 1 N–H and O–H groups in total. The summed E-state index contributed by atoms with van der Waals surface area (Å²) in [6.07, 6.45) is 0.858. The van der Waals surface area contributed by atoms with Crippen molar-refractivity contribution in [3.8, 4) is 0 Å². The first-order valence-corrected chi connectivity index (χ1v) is 4.53. The summed E-state index contributed by atoms with van der Waals surface area (Å²) < 4.78 is 13.2. The van der Waals surface area contributed by atoms with Crippen molar-refractivity contribution in [2.24, 2.45) is 0 Å². The largest absolute Gasteiger partial charge is 0.393 e. The van der Waals surface area contributed by atoms with Gasteiger partial charge in [-0.2, -0.15) is 0 Å². The summed E-state index contributed by atoms with van der Waals surface area (Å²) in [5.74, 6) is -0.166. The van der Waals surface area contributed by atoms with E-state index in [2.05, 4.69) is 0 Å². The normalized spacial score (nSPS) is 12.9. The van der Waals surface area contributed by atoms with Crippen molar-refractivity contribution in [3.63, 3.8) is 0 Å². The maximum absolute atomic E-state index is 13.2. The molecule has 1 atom stereocenters. The molecule has 0 aliphatic rings. The van der Waals surface area contributed by atoms with E-state index in [4.69, 9.17) is 5.11 Å². The second-order valence-corrected chi connectivity index (χ2v) is 3.42. The fraction of sp³-hybridized carbons (Fsp3) is 0.455. The Morgan fingerprint density at radius 3 is 2.69 bits per heavy atom. The van der Waals surface area contributed by atoms with Gasteiger partial charge < -0.3 is 5.11 Å². The lowest BCUT2D eigenvalue weighted by Gasteiger charge is -2.08. The Hall–Kier alpha value is -0.890. The molecule has 1 nitrogen and oxygen atoms in total. The number of aliphatic hydroxyl groups excluding tert-OH is 1. The zero-order valence-corrected chi connectivity index (χ0v) is 8.05. The topological polar surface area (TPSA) is 20.2 Å². The summed E-state index contributed by atoms with van der Waals surface area (Å²) in [7, 11) is 0. The van der Waals surface area contributed by atoms with Crippen molar-refractivity contribution in [2.45, 2.75) is 32.8 Å². The molecule has 0 saturated carbocycles. The Bertz CT molecular complexity index is 261. The quantitative estimate of drug-likeness (QED) is 0.761. The van der Waals surface area contributed by atoms with Gasteiger partial charge in [0.1, 0.15) is 5.82 Å². The minimum absolute atomic E-state index is 0.166. The van der Waals surface area contributed by atoms with Gasteiger partial charge in [-0.05, 0) is 43.9 Å². The third-order valence-electron chi connectivity index (χ3n) is 2.17. The highest BCUT2D eigenvalue weighted by molar-refractivity contribution is 5.27. The highest BCUT2D eigenvalue weighted by Gasteiger charge is 2.05. The summed E-state index contributed by atoms with van der Waals surface area (Å²) in [6.45, 7) is 3.61. The summed E-state index contributed by atoms with van der Waals surface area (Å²) >= 11 is 0. The van der Waals surface area contributed by atoms with Crippen LogP contribution in [0, 0.1) is 12.7 Å². The Morgan fingerprint density at radius 2 is 2.15 bits per heavy atom. The maximum atomic E-state index is 13.2. The molecule has 0 saturated heterocycles. The van der Waals surface area contributed by atoms with Crippen LogP contribution in [0.3, 0.4) is 0 Å². The molecule has 0 radical (unpaired) electrons. The smallest absolute Gasteiger partial charge is 0.126 e. The average Bonchev–Trinajstić information content (AvgIpc) is 2.03. The predicted molar refractivity (Wildman–Crippen MR) is 51.1 cm³/mol. The summed E-state index contributed by atoms with van der Waals surface area (Å²) in [4.78, 5) is 0. The van der Waals surface area contributed by atoms with Crippen molar-refractivity contribution in [1.82, 2.24) is 0 Å². The lowest BCUT2D eigenvalue weighted by molar-refractivity contribution is 0.184. The van der Waals surface area contributed by atoms with Gasteiger partial charge in [-0.15, -0.1) is 0 Å². The molecule has 0 amide bonds. The van der Waals surface area contributed by atoms with Crippen LogP contribution in [0.15, 0.2) is 18.2 Å². The summed E-state index contributed by atoms with van der Waals surface area (Å²) in [5.41, 5.74) is 1.68. The highest BCUT2D eigenvalue weighted by Crippen LogP contribution is 2.15. The van der Waals surface area contributed by atoms with Crippen molar-refractivity contribution >= 4 is 0 Å². The van der Waals surface area contributed by atoms with Gasteiger partial charge in [0.15, 0.2) is 0 Å². The molecule has 0 aromatic heterocycles. The number of halogens is 1. The Kier molecular flexibility index (Phi) is 3.43. The van der Waals surface area contributed by atoms with Gasteiger partial charge in [-0.25, -0.2) is 4.39 Å². The SMILES string of the molecule is Cc1cccc(F)c1CCC(C)O. The van der Waals surface area contributed by atoms with E-state index in [1.54, 1.807) is 13.0 Å². The van der Waals surface area contributed by atoms with E-state index in [1.165, 1.54) is 6.07 Å². The van der Waals surface area contributed by atoms with Crippen LogP contribution in [0.2, 0.25) is 0 Å². The molecule has 0 spiro atoms. The molecule has 1 aromatic rings. The maximum Gasteiger partial charge on any atom is 0.126 e. The van der Waals surface area contributed by atoms with Gasteiger partial charge in [-0.1, -0.05) is 12.1 Å². The number of hydrogen-bond donors (Lipinski definition) is 1. The number of rotatable bonds is 3. The lowest BCUT2D eigenvalue weighted by Crippen LogP contribution is -2.03. The molecule has 13 heavy (non-hydrogen) atoms. The number of aliphatic hydroxyl groups is 1. The van der Waals surface area contributed by atoms with Gasteiger partial charge in [0.05, 0.1) is 6.10 Å². The van der Waals surface area contributed by atoms with Crippen molar-refractivity contribution in [1.29, 1.82) is 0 Å². The van der Waals surface area contributed by atoms with Crippen LogP contribution in [-0.4, -0.2) is 11.2 Å². The van der Waals surface area contributed by atoms with E-state index in [0.717, 1.165) is 11.1 Å². The fourth-order valence-corrected chi connectivity index (χ4v) is 1.34. The standard InChI is InChI=1S/C11H15FO/c1-8-4-3-5-11(12)10(8)7-6-9(2)13/h3-5,9,13H,6-7H2,1-2H3. The third-order valence-corrected chi connectivity index (χ3v) is 2.17. The molecule has 1 unspecified atom stereocenters. The summed E-state index contributed by atoms with van der Waals surface area (Å²) in [5, 5.41) is 9.07. The van der Waals surface area contributed by atoms with Crippen molar-refractivity contribution < 1.29 is 9.50 Å². The van der Waals surface area contributed by atoms with Gasteiger partial charge in [-0.3, -0.25) is 0 Å². The van der Waals surface area contributed by atoms with Gasteiger partial charge in [0.2, 0.25) is 0 Å². The zero-order chi connectivity index (χ0) is 9.84. The molecule has 0 bridgehead atoms. The van der Waals surface area contributed by atoms with Crippen molar-refractivity contribution in [3.05, 3.63) is 35.1 Å². The van der Waals surface area contributed by atoms with Crippen LogP contribution in [0.4, 0.5) is 4.39 Å². The molecule has 0 heterocycles. The molecule has 0 fully saturated rings. The van der Waals surface area contributed by atoms with Crippen LogP contribution < -0.4 is 0 Å². The molecule has 72 valence electrons. The zero-order valence-electron chi connectivity index (χ0n) is 8.05. The Balaban J connectivity index is 2.75. The van der Waals surface area contributed by atoms with Gasteiger partial charge in [0, 0.05) is 0 Å². The molecular formula is C11H15FO. The summed E-state index contributed by atoms with van der Waals surface area (Å²) in [6, 6.07) is 5.06. The number of aryl methyl sites for hydroxylation is 1. The molecular weight excluding hydrogens is 167 g/mol. The van der Waals surface area contributed by atoms with E-state index in [9.17, 15) is 4.39 Å². The third kappa shape index (κ3) is 2.81.